The topological polar surface area (TPSA) is 37.3 Å². The van der Waals surface area contributed by atoms with Gasteiger partial charge in [-0.2, -0.15) is 0 Å². The summed E-state index contributed by atoms with van der Waals surface area (Å²) in [6.45, 7) is 0. The van der Waals surface area contributed by atoms with Gasteiger partial charge in [-0.05, 0) is 0 Å². The average molecular weight is 239 g/mol. The maximum atomic E-state index is 10.2. The molecule has 0 aromatic heterocycles. The molecule has 1 aromatic carbocycles. The molecule has 0 aliphatic rings. The van der Waals surface area contributed by atoms with Crippen LogP contribution in [-0.4, -0.2) is 26.0 Å². The molecule has 66 valence electrons. The van der Waals surface area contributed by atoms with Crippen LogP contribution in [0, 0.1) is 10.7 Å². The first-order chi connectivity index (χ1) is 6.29. The quantitative estimate of drug-likeness (QED) is 0.622. The second-order valence-corrected chi connectivity index (χ2v) is 3.92. The van der Waals surface area contributed by atoms with Crippen LogP contribution < -0.4 is 0 Å². The average Bonchev–Trinajstić information content (AvgIpc) is 2.14. The number of carbonyl (C=O) groups is 1. The first-order valence-corrected chi connectivity index (χ1v) is 5.75. The summed E-state index contributed by atoms with van der Waals surface area (Å²) in [6, 6.07) is 9.56. The third kappa shape index (κ3) is 4.37. The second-order valence-electron chi connectivity index (χ2n) is 2.28. The van der Waals surface area contributed by atoms with Gasteiger partial charge in [0.1, 0.15) is 0 Å². The summed E-state index contributed by atoms with van der Waals surface area (Å²) in [5.41, 5.74) is 0.940. The molecule has 0 heterocycles. The van der Waals surface area contributed by atoms with Crippen molar-refractivity contribution in [3.05, 3.63) is 35.9 Å². The van der Waals surface area contributed by atoms with E-state index in [4.69, 9.17) is 5.11 Å². The Balaban J connectivity index is 2.44. The summed E-state index contributed by atoms with van der Waals surface area (Å²) < 4.78 is 0. The van der Waals surface area contributed by atoms with Crippen LogP contribution in [0.2, 0.25) is 5.32 Å². The molecule has 0 saturated carbocycles. The first kappa shape index (κ1) is 9.85. The van der Waals surface area contributed by atoms with Gasteiger partial charge in [-0.15, -0.1) is 0 Å². The van der Waals surface area contributed by atoms with E-state index in [0.717, 1.165) is 5.56 Å². The number of hydrogen-bond donors (Lipinski definition) is 1. The van der Waals surface area contributed by atoms with E-state index in [2.05, 4.69) is 10.7 Å². The summed E-state index contributed by atoms with van der Waals surface area (Å²) in [6.07, 6.45) is 0. The maximum absolute atomic E-state index is 10.2. The van der Waals surface area contributed by atoms with Crippen molar-refractivity contribution in [3.8, 4) is 10.7 Å². The Morgan fingerprint density at radius 2 is 2.08 bits per heavy atom. The fraction of sp³-hybridized carbons (Fsp3) is 0.100. The van der Waals surface area contributed by atoms with E-state index in [0.29, 0.717) is 0 Å². The van der Waals surface area contributed by atoms with Crippen LogP contribution in [0.3, 0.4) is 0 Å². The number of carboxylic acid groups (broad SMARTS) is 1. The molecule has 0 atom stereocenters. The number of hydrogen-bond acceptors (Lipinski definition) is 1. The first-order valence-electron chi connectivity index (χ1n) is 3.68. The van der Waals surface area contributed by atoms with Crippen molar-refractivity contribution in [2.75, 3.05) is 0 Å². The Morgan fingerprint density at radius 3 is 2.69 bits per heavy atom. The van der Waals surface area contributed by atoms with Gasteiger partial charge in [0.15, 0.2) is 0 Å². The van der Waals surface area contributed by atoms with E-state index in [1.807, 2.05) is 30.3 Å². The van der Waals surface area contributed by atoms with Crippen molar-refractivity contribution in [1.82, 2.24) is 0 Å². The van der Waals surface area contributed by atoms with E-state index >= 15 is 0 Å². The predicted octanol–water partition coefficient (Wildman–Crippen LogP) is 1.20. The fourth-order valence-corrected chi connectivity index (χ4v) is 1.52. The molecule has 0 aliphatic carbocycles. The summed E-state index contributed by atoms with van der Waals surface area (Å²) in [4.78, 5) is 13.0. The summed E-state index contributed by atoms with van der Waals surface area (Å²) in [7, 11) is 0. The Bertz CT molecular complexity index is 335. The fourth-order valence-electron chi connectivity index (χ4n) is 0.714. The minimum atomic E-state index is -0.776. The second kappa shape index (κ2) is 5.42. The van der Waals surface area contributed by atoms with Gasteiger partial charge in [-0.3, -0.25) is 0 Å². The van der Waals surface area contributed by atoms with Crippen LogP contribution in [0.15, 0.2) is 30.3 Å². The van der Waals surface area contributed by atoms with E-state index in [9.17, 15) is 4.79 Å². The van der Waals surface area contributed by atoms with E-state index < -0.39 is 5.97 Å². The Morgan fingerprint density at radius 1 is 1.38 bits per heavy atom. The van der Waals surface area contributed by atoms with Crippen LogP contribution in [0.5, 0.6) is 0 Å². The van der Waals surface area contributed by atoms with Gasteiger partial charge in [-0.25, -0.2) is 0 Å². The van der Waals surface area contributed by atoms with Crippen LogP contribution in [0.4, 0.5) is 0 Å². The molecule has 2 nitrogen and oxygen atoms in total. The van der Waals surface area contributed by atoms with Crippen LogP contribution in [-0.2, 0) is 4.79 Å². The van der Waals surface area contributed by atoms with Gasteiger partial charge < -0.3 is 0 Å². The summed E-state index contributed by atoms with van der Waals surface area (Å²) in [5.74, 6) is 2.14. The van der Waals surface area contributed by atoms with Crippen molar-refractivity contribution in [3.63, 3.8) is 0 Å². The summed E-state index contributed by atoms with van der Waals surface area (Å²) >= 11 is -0.109. The SMILES string of the molecule is O=C(O)C[Se]C#Cc1ccccc1. The van der Waals surface area contributed by atoms with Gasteiger partial charge in [0.2, 0.25) is 0 Å². The van der Waals surface area contributed by atoms with Gasteiger partial charge in [0.25, 0.3) is 0 Å². The van der Waals surface area contributed by atoms with Crippen LogP contribution >= 0.6 is 0 Å². The number of aliphatic carboxylic acids is 1. The monoisotopic (exact) mass is 240 g/mol. The Labute approximate surface area is 83.1 Å². The molecule has 0 spiro atoms. The zero-order chi connectivity index (χ0) is 9.52. The van der Waals surface area contributed by atoms with Crippen molar-refractivity contribution >= 4 is 20.9 Å². The van der Waals surface area contributed by atoms with Crippen LogP contribution in [0.1, 0.15) is 5.56 Å². The molecule has 3 heteroatoms. The van der Waals surface area contributed by atoms with Gasteiger partial charge in [0.05, 0.1) is 0 Å². The predicted molar refractivity (Wildman–Crippen MR) is 51.5 cm³/mol. The van der Waals surface area contributed by atoms with Crippen LogP contribution in [0.25, 0.3) is 0 Å². The standard InChI is InChI=1S/C10H8O2Se/c11-10(12)8-13-7-6-9-4-2-1-3-5-9/h1-5H,8H2,(H,11,12). The molecule has 0 saturated heterocycles. The molecule has 0 fully saturated rings. The van der Waals surface area contributed by atoms with Crippen molar-refractivity contribution in [1.29, 1.82) is 0 Å². The molecule has 0 amide bonds. The zero-order valence-electron chi connectivity index (χ0n) is 6.86. The number of carboxylic acids is 1. The zero-order valence-corrected chi connectivity index (χ0v) is 8.57. The van der Waals surface area contributed by atoms with Crippen molar-refractivity contribution in [2.45, 2.75) is 5.32 Å². The molecule has 13 heavy (non-hydrogen) atoms. The number of benzene rings is 1. The molecular formula is C10H8O2Se. The van der Waals surface area contributed by atoms with E-state index in [1.165, 1.54) is 0 Å². The Kier molecular flexibility index (Phi) is 4.11. The van der Waals surface area contributed by atoms with Gasteiger partial charge in [-0.1, -0.05) is 0 Å². The molecule has 0 unspecified atom stereocenters. The third-order valence-electron chi connectivity index (χ3n) is 1.24. The van der Waals surface area contributed by atoms with E-state index in [1.54, 1.807) is 0 Å². The van der Waals surface area contributed by atoms with Crippen molar-refractivity contribution in [2.24, 2.45) is 0 Å². The molecule has 1 rings (SSSR count). The molecule has 0 radical (unpaired) electrons. The summed E-state index contributed by atoms with van der Waals surface area (Å²) in [5, 5.41) is 8.53. The normalized spacial score (nSPS) is 8.62. The molecule has 0 aliphatic heterocycles. The molecular weight excluding hydrogens is 231 g/mol. The number of rotatable bonds is 2. The molecule has 1 aromatic rings. The van der Waals surface area contributed by atoms with Gasteiger partial charge in [0, 0.05) is 0 Å². The third-order valence-corrected chi connectivity index (χ3v) is 2.57. The minimum absolute atomic E-state index is 0.109. The molecule has 1 N–H and O–H groups in total. The van der Waals surface area contributed by atoms with Gasteiger partial charge >= 0.3 is 82.8 Å². The Hall–Kier alpha value is -1.23. The van der Waals surface area contributed by atoms with Crippen molar-refractivity contribution < 1.29 is 9.90 Å². The molecule has 0 bridgehead atoms. The van der Waals surface area contributed by atoms with E-state index in [-0.39, 0.29) is 20.3 Å².